The normalized spacial score (nSPS) is 10.8. The molecule has 0 unspecified atom stereocenters. The van der Waals surface area contributed by atoms with E-state index in [1.165, 1.54) is 0 Å². The standard InChI is InChI=1S/C21H19N5O2/c1-26(2)21-22-11-10-16(24-21)13-23-20(27)15-8-9-18-17(12-15)19(28-25-18)14-6-4-3-5-7-14/h3-12H,13H2,1-2H3,(H,23,27). The summed E-state index contributed by atoms with van der Waals surface area (Å²) in [6.45, 7) is 0.315. The molecule has 7 heteroatoms. The maximum absolute atomic E-state index is 12.6. The van der Waals surface area contributed by atoms with Crippen molar-refractivity contribution in [3.8, 4) is 11.3 Å². The van der Waals surface area contributed by atoms with Crippen LogP contribution in [0, 0.1) is 0 Å². The number of hydrogen-bond acceptors (Lipinski definition) is 6. The highest BCUT2D eigenvalue weighted by Crippen LogP contribution is 2.29. The number of nitrogens with one attached hydrogen (secondary N) is 1. The Morgan fingerprint density at radius 1 is 1.11 bits per heavy atom. The van der Waals surface area contributed by atoms with Gasteiger partial charge in [0.25, 0.3) is 5.91 Å². The van der Waals surface area contributed by atoms with E-state index < -0.39 is 0 Å². The van der Waals surface area contributed by atoms with Gasteiger partial charge in [-0.1, -0.05) is 35.5 Å². The van der Waals surface area contributed by atoms with Crippen molar-refractivity contribution in [2.75, 3.05) is 19.0 Å². The van der Waals surface area contributed by atoms with Crippen LogP contribution in [0.5, 0.6) is 0 Å². The minimum atomic E-state index is -0.188. The fourth-order valence-electron chi connectivity index (χ4n) is 2.85. The number of rotatable bonds is 5. The van der Waals surface area contributed by atoms with Gasteiger partial charge in [0.05, 0.1) is 17.6 Å². The maximum atomic E-state index is 12.6. The van der Waals surface area contributed by atoms with Crippen molar-refractivity contribution in [3.05, 3.63) is 72.1 Å². The third-order valence-electron chi connectivity index (χ3n) is 4.31. The van der Waals surface area contributed by atoms with E-state index in [9.17, 15) is 4.79 Å². The summed E-state index contributed by atoms with van der Waals surface area (Å²) < 4.78 is 5.50. The Bertz CT molecular complexity index is 1120. The van der Waals surface area contributed by atoms with Gasteiger partial charge in [-0.05, 0) is 24.3 Å². The van der Waals surface area contributed by atoms with E-state index >= 15 is 0 Å². The second kappa shape index (κ2) is 7.48. The van der Waals surface area contributed by atoms with Gasteiger partial charge in [0.2, 0.25) is 5.95 Å². The first-order valence-electron chi connectivity index (χ1n) is 8.84. The molecule has 140 valence electrons. The Morgan fingerprint density at radius 2 is 1.93 bits per heavy atom. The van der Waals surface area contributed by atoms with Gasteiger partial charge >= 0.3 is 0 Å². The Balaban J connectivity index is 1.55. The lowest BCUT2D eigenvalue weighted by Gasteiger charge is -2.11. The van der Waals surface area contributed by atoms with Crippen LogP contribution in [0.1, 0.15) is 16.1 Å². The highest BCUT2D eigenvalue weighted by atomic mass is 16.5. The molecule has 4 aromatic rings. The zero-order chi connectivity index (χ0) is 19.5. The molecule has 1 amide bonds. The second-order valence-corrected chi connectivity index (χ2v) is 6.53. The van der Waals surface area contributed by atoms with Crippen LogP contribution in [-0.4, -0.2) is 35.1 Å². The number of fused-ring (bicyclic) bond motifs is 1. The van der Waals surface area contributed by atoms with Crippen LogP contribution in [0.3, 0.4) is 0 Å². The molecule has 0 fully saturated rings. The Morgan fingerprint density at radius 3 is 2.71 bits per heavy atom. The Kier molecular flexibility index (Phi) is 4.72. The predicted octanol–water partition coefficient (Wildman–Crippen LogP) is 3.28. The van der Waals surface area contributed by atoms with Crippen LogP contribution in [-0.2, 0) is 6.54 Å². The van der Waals surface area contributed by atoms with Crippen LogP contribution >= 0.6 is 0 Å². The fourth-order valence-corrected chi connectivity index (χ4v) is 2.85. The maximum Gasteiger partial charge on any atom is 0.251 e. The fraction of sp³-hybridized carbons (Fsp3) is 0.143. The van der Waals surface area contributed by atoms with Gasteiger partial charge in [0, 0.05) is 31.4 Å². The molecule has 0 spiro atoms. The lowest BCUT2D eigenvalue weighted by molar-refractivity contribution is 0.0950. The molecular weight excluding hydrogens is 354 g/mol. The smallest absolute Gasteiger partial charge is 0.251 e. The first-order valence-corrected chi connectivity index (χ1v) is 8.84. The zero-order valence-corrected chi connectivity index (χ0v) is 15.6. The van der Waals surface area contributed by atoms with Gasteiger partial charge < -0.3 is 14.7 Å². The Hall–Kier alpha value is -3.74. The highest BCUT2D eigenvalue weighted by molar-refractivity contribution is 6.00. The number of anilines is 1. The SMILES string of the molecule is CN(C)c1nccc(CNC(=O)c2ccc3noc(-c4ccccc4)c3c2)n1. The first kappa shape index (κ1) is 17.7. The minimum absolute atomic E-state index is 0.188. The number of hydrogen-bond donors (Lipinski definition) is 1. The van der Waals surface area contributed by atoms with E-state index in [1.54, 1.807) is 30.5 Å². The molecular formula is C21H19N5O2. The molecule has 4 rings (SSSR count). The molecule has 0 radical (unpaired) electrons. The van der Waals surface area contributed by atoms with Gasteiger partial charge in [-0.3, -0.25) is 4.79 Å². The molecule has 2 aromatic heterocycles. The third kappa shape index (κ3) is 3.55. The van der Waals surface area contributed by atoms with Crippen molar-refractivity contribution < 1.29 is 9.32 Å². The highest BCUT2D eigenvalue weighted by Gasteiger charge is 2.14. The Labute approximate surface area is 162 Å². The van der Waals surface area contributed by atoms with Gasteiger partial charge in [-0.15, -0.1) is 0 Å². The number of aromatic nitrogens is 3. The van der Waals surface area contributed by atoms with Crippen LogP contribution in [0.2, 0.25) is 0 Å². The molecule has 0 atom stereocenters. The van der Waals surface area contributed by atoms with E-state index in [0.717, 1.165) is 16.6 Å². The van der Waals surface area contributed by atoms with Crippen molar-refractivity contribution in [1.82, 2.24) is 20.4 Å². The van der Waals surface area contributed by atoms with E-state index in [4.69, 9.17) is 4.52 Å². The second-order valence-electron chi connectivity index (χ2n) is 6.53. The van der Waals surface area contributed by atoms with Gasteiger partial charge in [0.15, 0.2) is 5.76 Å². The number of nitrogens with zero attached hydrogens (tertiary/aromatic N) is 4. The summed E-state index contributed by atoms with van der Waals surface area (Å²) in [6, 6.07) is 16.8. The zero-order valence-electron chi connectivity index (χ0n) is 15.6. The summed E-state index contributed by atoms with van der Waals surface area (Å²) in [5, 5.41) is 7.79. The number of benzene rings is 2. The van der Waals surface area contributed by atoms with Crippen molar-refractivity contribution in [3.63, 3.8) is 0 Å². The summed E-state index contributed by atoms with van der Waals surface area (Å²) >= 11 is 0. The molecule has 0 saturated carbocycles. The van der Waals surface area contributed by atoms with Gasteiger partial charge in [-0.25, -0.2) is 9.97 Å². The summed E-state index contributed by atoms with van der Waals surface area (Å²) in [7, 11) is 3.74. The summed E-state index contributed by atoms with van der Waals surface area (Å²) in [5.41, 5.74) is 2.90. The van der Waals surface area contributed by atoms with E-state index in [2.05, 4.69) is 20.4 Å². The molecule has 28 heavy (non-hydrogen) atoms. The lowest BCUT2D eigenvalue weighted by Crippen LogP contribution is -2.24. The molecule has 0 bridgehead atoms. The third-order valence-corrected chi connectivity index (χ3v) is 4.31. The van der Waals surface area contributed by atoms with Gasteiger partial charge in [-0.2, -0.15) is 0 Å². The average molecular weight is 373 g/mol. The number of amides is 1. The first-order chi connectivity index (χ1) is 13.6. The summed E-state index contributed by atoms with van der Waals surface area (Å²) in [6.07, 6.45) is 1.68. The molecule has 2 aromatic carbocycles. The topological polar surface area (TPSA) is 84.2 Å². The van der Waals surface area contributed by atoms with Gasteiger partial charge in [0.1, 0.15) is 5.52 Å². The van der Waals surface area contributed by atoms with Crippen molar-refractivity contribution >= 4 is 22.8 Å². The van der Waals surface area contributed by atoms with Crippen LogP contribution in [0.4, 0.5) is 5.95 Å². The predicted molar refractivity (Wildman–Crippen MR) is 107 cm³/mol. The van der Waals surface area contributed by atoms with Crippen LogP contribution in [0.25, 0.3) is 22.2 Å². The van der Waals surface area contributed by atoms with Crippen LogP contribution < -0.4 is 10.2 Å². The lowest BCUT2D eigenvalue weighted by atomic mass is 10.1. The van der Waals surface area contributed by atoms with Crippen molar-refractivity contribution in [2.24, 2.45) is 0 Å². The molecule has 0 aliphatic rings. The molecule has 7 nitrogen and oxygen atoms in total. The summed E-state index contributed by atoms with van der Waals surface area (Å²) in [4.78, 5) is 23.0. The van der Waals surface area contributed by atoms with E-state index in [-0.39, 0.29) is 5.91 Å². The summed E-state index contributed by atoms with van der Waals surface area (Å²) in [5.74, 6) is 1.06. The van der Waals surface area contributed by atoms with Crippen molar-refractivity contribution in [2.45, 2.75) is 6.54 Å². The largest absolute Gasteiger partial charge is 0.355 e. The van der Waals surface area contributed by atoms with Crippen LogP contribution in [0.15, 0.2) is 65.3 Å². The van der Waals surface area contributed by atoms with E-state index in [0.29, 0.717) is 29.3 Å². The molecule has 0 aliphatic carbocycles. The van der Waals surface area contributed by atoms with E-state index in [1.807, 2.05) is 49.3 Å². The quantitative estimate of drug-likeness (QED) is 0.578. The molecule has 0 saturated heterocycles. The average Bonchev–Trinajstić information content (AvgIpc) is 3.16. The van der Waals surface area contributed by atoms with Crippen molar-refractivity contribution in [1.29, 1.82) is 0 Å². The molecule has 1 N–H and O–H groups in total. The minimum Gasteiger partial charge on any atom is -0.355 e. The number of carbonyl (C=O) groups is 1. The molecule has 0 aliphatic heterocycles. The molecule has 2 heterocycles. The number of carbonyl (C=O) groups excluding carboxylic acids is 1. The monoisotopic (exact) mass is 373 g/mol.